The number of aromatic nitrogens is 4. The fourth-order valence-corrected chi connectivity index (χ4v) is 3.38. The highest BCUT2D eigenvalue weighted by atomic mass is 19.1. The Kier molecular flexibility index (Phi) is 3.94. The van der Waals surface area contributed by atoms with Gasteiger partial charge in [0.05, 0.1) is 12.1 Å². The summed E-state index contributed by atoms with van der Waals surface area (Å²) >= 11 is 0. The summed E-state index contributed by atoms with van der Waals surface area (Å²) in [4.78, 5) is 17.7. The van der Waals surface area contributed by atoms with Crippen molar-refractivity contribution in [3.63, 3.8) is 0 Å². The molecule has 0 saturated heterocycles. The van der Waals surface area contributed by atoms with Crippen molar-refractivity contribution in [3.05, 3.63) is 100 Å². The van der Waals surface area contributed by atoms with Crippen molar-refractivity contribution in [2.75, 3.05) is 0 Å². The summed E-state index contributed by atoms with van der Waals surface area (Å²) in [5, 5.41) is 5.13. The molecule has 5 rings (SSSR count). The molecule has 142 valence electrons. The molecule has 2 heterocycles. The lowest BCUT2D eigenvalue weighted by molar-refractivity contribution is 0.625. The molecule has 0 amide bonds. The standard InChI is InChI=1S/C22H14F2N4O/c23-16-9-5-14(6-10-16)13-27-19-4-2-1-3-18(19)21-25-20(26-28(21)22(27)29)15-7-11-17(24)12-8-15/h1-12H,13H2. The highest BCUT2D eigenvalue weighted by Gasteiger charge is 2.16. The van der Waals surface area contributed by atoms with E-state index in [0.717, 1.165) is 10.9 Å². The van der Waals surface area contributed by atoms with Gasteiger partial charge in [-0.25, -0.2) is 18.6 Å². The van der Waals surface area contributed by atoms with Gasteiger partial charge in [-0.1, -0.05) is 24.3 Å². The molecule has 0 unspecified atom stereocenters. The molecule has 0 bridgehead atoms. The van der Waals surface area contributed by atoms with E-state index in [1.807, 2.05) is 24.3 Å². The van der Waals surface area contributed by atoms with Crippen LogP contribution >= 0.6 is 0 Å². The lowest BCUT2D eigenvalue weighted by atomic mass is 10.2. The van der Waals surface area contributed by atoms with Crippen LogP contribution in [0.5, 0.6) is 0 Å². The average Bonchev–Trinajstić information content (AvgIpc) is 3.19. The molecule has 7 heteroatoms. The van der Waals surface area contributed by atoms with Gasteiger partial charge in [-0.3, -0.25) is 4.57 Å². The Morgan fingerprint density at radius 2 is 1.48 bits per heavy atom. The number of para-hydroxylation sites is 1. The third-order valence-electron chi connectivity index (χ3n) is 4.81. The fraction of sp³-hybridized carbons (Fsp3) is 0.0455. The zero-order chi connectivity index (χ0) is 20.0. The first-order valence-electron chi connectivity index (χ1n) is 8.99. The van der Waals surface area contributed by atoms with E-state index >= 15 is 0 Å². The van der Waals surface area contributed by atoms with Gasteiger partial charge in [0.25, 0.3) is 0 Å². The van der Waals surface area contributed by atoms with E-state index in [-0.39, 0.29) is 23.9 Å². The zero-order valence-electron chi connectivity index (χ0n) is 15.1. The fourth-order valence-electron chi connectivity index (χ4n) is 3.38. The minimum absolute atomic E-state index is 0.265. The van der Waals surface area contributed by atoms with Crippen LogP contribution in [-0.4, -0.2) is 19.2 Å². The first-order chi connectivity index (χ1) is 14.1. The van der Waals surface area contributed by atoms with Crippen LogP contribution in [0.4, 0.5) is 8.78 Å². The molecule has 0 N–H and O–H groups in total. The predicted molar refractivity (Wildman–Crippen MR) is 106 cm³/mol. The number of fused-ring (bicyclic) bond motifs is 3. The number of hydrogen-bond acceptors (Lipinski definition) is 3. The van der Waals surface area contributed by atoms with Crippen LogP contribution in [0.25, 0.3) is 27.9 Å². The third-order valence-corrected chi connectivity index (χ3v) is 4.81. The van der Waals surface area contributed by atoms with Crippen LogP contribution < -0.4 is 5.69 Å². The van der Waals surface area contributed by atoms with Crippen molar-refractivity contribution in [2.24, 2.45) is 0 Å². The molecule has 5 nitrogen and oxygen atoms in total. The second kappa shape index (κ2) is 6.63. The maximum Gasteiger partial charge on any atom is 0.351 e. The van der Waals surface area contributed by atoms with Gasteiger partial charge >= 0.3 is 5.69 Å². The molecular formula is C22H14F2N4O. The molecule has 3 aromatic carbocycles. The average molecular weight is 388 g/mol. The Morgan fingerprint density at radius 1 is 0.828 bits per heavy atom. The Labute approximate surface area is 163 Å². The predicted octanol–water partition coefficient (Wildman–Crippen LogP) is 4.04. The highest BCUT2D eigenvalue weighted by Crippen LogP contribution is 2.22. The van der Waals surface area contributed by atoms with Gasteiger partial charge in [0, 0.05) is 10.9 Å². The monoisotopic (exact) mass is 388 g/mol. The lowest BCUT2D eigenvalue weighted by Gasteiger charge is -2.11. The number of nitrogens with zero attached hydrogens (tertiary/aromatic N) is 4. The summed E-state index contributed by atoms with van der Waals surface area (Å²) in [5.74, 6) is -0.349. The van der Waals surface area contributed by atoms with Crippen molar-refractivity contribution >= 4 is 16.6 Å². The van der Waals surface area contributed by atoms with Crippen LogP contribution in [0.15, 0.2) is 77.6 Å². The van der Waals surface area contributed by atoms with Crippen LogP contribution in [-0.2, 0) is 6.54 Å². The largest absolute Gasteiger partial charge is 0.351 e. The molecule has 0 saturated carbocycles. The van der Waals surface area contributed by atoms with E-state index < -0.39 is 0 Å². The van der Waals surface area contributed by atoms with E-state index in [1.54, 1.807) is 28.8 Å². The number of halogens is 2. The molecule has 0 fully saturated rings. The number of hydrogen-bond donors (Lipinski definition) is 0. The van der Waals surface area contributed by atoms with Gasteiger partial charge < -0.3 is 0 Å². The first-order valence-corrected chi connectivity index (χ1v) is 8.99. The van der Waals surface area contributed by atoms with E-state index in [4.69, 9.17) is 0 Å². The SMILES string of the molecule is O=c1n(Cc2ccc(F)cc2)c2ccccc2c2nc(-c3ccc(F)cc3)nn12. The molecule has 0 spiro atoms. The quantitative estimate of drug-likeness (QED) is 0.469. The maximum atomic E-state index is 13.2. The number of rotatable bonds is 3. The van der Waals surface area contributed by atoms with Crippen LogP contribution in [0, 0.1) is 11.6 Å². The van der Waals surface area contributed by atoms with E-state index in [1.165, 1.54) is 28.8 Å². The van der Waals surface area contributed by atoms with Gasteiger partial charge in [-0.05, 0) is 54.1 Å². The Bertz CT molecular complexity index is 1400. The van der Waals surface area contributed by atoms with E-state index in [2.05, 4.69) is 10.1 Å². The molecule has 0 aliphatic carbocycles. The topological polar surface area (TPSA) is 52.2 Å². The van der Waals surface area contributed by atoms with Crippen molar-refractivity contribution in [1.82, 2.24) is 19.2 Å². The molecule has 0 atom stereocenters. The van der Waals surface area contributed by atoms with Gasteiger partial charge in [0.1, 0.15) is 11.6 Å². The molecule has 29 heavy (non-hydrogen) atoms. The van der Waals surface area contributed by atoms with Crippen LogP contribution in [0.2, 0.25) is 0 Å². The van der Waals surface area contributed by atoms with Gasteiger partial charge in [0.15, 0.2) is 11.5 Å². The minimum Gasteiger partial charge on any atom is -0.287 e. The summed E-state index contributed by atoms with van der Waals surface area (Å²) in [5.41, 5.74) is 2.18. The molecular weight excluding hydrogens is 374 g/mol. The molecule has 2 aromatic heterocycles. The first kappa shape index (κ1) is 17.2. The highest BCUT2D eigenvalue weighted by molar-refractivity contribution is 5.91. The van der Waals surface area contributed by atoms with E-state index in [0.29, 0.717) is 22.6 Å². The molecule has 0 radical (unpaired) electrons. The third kappa shape index (κ3) is 2.97. The summed E-state index contributed by atoms with van der Waals surface area (Å²) in [6, 6.07) is 19.2. The van der Waals surface area contributed by atoms with Crippen molar-refractivity contribution in [1.29, 1.82) is 0 Å². The lowest BCUT2D eigenvalue weighted by Crippen LogP contribution is -2.28. The summed E-state index contributed by atoms with van der Waals surface area (Å²) in [6.45, 7) is 0.265. The van der Waals surface area contributed by atoms with Crippen LogP contribution in [0.3, 0.4) is 0 Å². The normalized spacial score (nSPS) is 11.4. The summed E-state index contributed by atoms with van der Waals surface area (Å²) in [7, 11) is 0. The minimum atomic E-state index is -0.358. The Hall–Kier alpha value is -3.87. The maximum absolute atomic E-state index is 13.2. The molecule has 5 aromatic rings. The molecule has 0 aliphatic rings. The smallest absolute Gasteiger partial charge is 0.287 e. The Morgan fingerprint density at radius 3 is 2.21 bits per heavy atom. The Balaban J connectivity index is 1.74. The second-order valence-electron chi connectivity index (χ2n) is 6.69. The molecule has 0 aliphatic heterocycles. The van der Waals surface area contributed by atoms with Crippen LogP contribution in [0.1, 0.15) is 5.56 Å². The van der Waals surface area contributed by atoms with Crippen molar-refractivity contribution in [3.8, 4) is 11.4 Å². The second-order valence-corrected chi connectivity index (χ2v) is 6.69. The van der Waals surface area contributed by atoms with E-state index in [9.17, 15) is 13.6 Å². The van der Waals surface area contributed by atoms with Gasteiger partial charge in [0.2, 0.25) is 0 Å². The number of benzene rings is 3. The zero-order valence-corrected chi connectivity index (χ0v) is 15.1. The van der Waals surface area contributed by atoms with Gasteiger partial charge in [-0.15, -0.1) is 5.10 Å². The van der Waals surface area contributed by atoms with Crippen molar-refractivity contribution < 1.29 is 8.78 Å². The summed E-state index contributed by atoms with van der Waals surface area (Å²) < 4.78 is 29.3. The van der Waals surface area contributed by atoms with Gasteiger partial charge in [-0.2, -0.15) is 4.52 Å². The summed E-state index contributed by atoms with van der Waals surface area (Å²) in [6.07, 6.45) is 0. The van der Waals surface area contributed by atoms with Crippen molar-refractivity contribution in [2.45, 2.75) is 6.54 Å².